The van der Waals surface area contributed by atoms with E-state index in [1.54, 1.807) is 14.1 Å². The Bertz CT molecular complexity index is 183. The highest BCUT2D eigenvalue weighted by Gasteiger charge is 2.22. The molecule has 0 saturated carbocycles. The molecule has 0 fully saturated rings. The molecular formula is C6H13N2OP. The van der Waals surface area contributed by atoms with Gasteiger partial charge in [0.25, 0.3) is 0 Å². The first kappa shape index (κ1) is 9.68. The third-order valence-electron chi connectivity index (χ3n) is 1.33. The molecule has 0 amide bonds. The average Bonchev–Trinajstić information content (AvgIpc) is 1.88. The summed E-state index contributed by atoms with van der Waals surface area (Å²) in [5.74, 6) is 1.86. The summed E-state index contributed by atoms with van der Waals surface area (Å²) in [7, 11) is 0.727. The van der Waals surface area contributed by atoms with E-state index >= 15 is 0 Å². The molecule has 0 radical (unpaired) electrons. The summed E-state index contributed by atoms with van der Waals surface area (Å²) in [6.07, 6.45) is 1.29. The van der Waals surface area contributed by atoms with E-state index in [2.05, 4.69) is 0 Å². The van der Waals surface area contributed by atoms with Gasteiger partial charge in [-0.3, -0.25) is 4.57 Å². The Morgan fingerprint density at radius 3 is 2.20 bits per heavy atom. The smallest absolute Gasteiger partial charge is 0.244 e. The monoisotopic (exact) mass is 160 g/mol. The van der Waals surface area contributed by atoms with Gasteiger partial charge in [-0.2, -0.15) is 5.26 Å². The molecule has 1 unspecified atom stereocenters. The lowest BCUT2D eigenvalue weighted by molar-refractivity contribution is 0.523. The van der Waals surface area contributed by atoms with Gasteiger partial charge in [-0.25, -0.2) is 4.67 Å². The molecule has 0 aliphatic heterocycles. The van der Waals surface area contributed by atoms with Crippen LogP contribution in [0.2, 0.25) is 0 Å². The minimum Gasteiger partial charge on any atom is -0.290 e. The quantitative estimate of drug-likeness (QED) is 0.590. The van der Waals surface area contributed by atoms with Gasteiger partial charge in [-0.05, 0) is 20.5 Å². The van der Waals surface area contributed by atoms with E-state index < -0.39 is 7.29 Å². The van der Waals surface area contributed by atoms with E-state index in [1.165, 1.54) is 4.67 Å². The van der Waals surface area contributed by atoms with Crippen molar-refractivity contribution in [2.45, 2.75) is 13.3 Å². The molecule has 0 spiro atoms. The van der Waals surface area contributed by atoms with Crippen LogP contribution >= 0.6 is 7.29 Å². The van der Waals surface area contributed by atoms with Crippen molar-refractivity contribution in [1.82, 2.24) is 4.67 Å². The van der Waals surface area contributed by atoms with Crippen LogP contribution < -0.4 is 0 Å². The Labute approximate surface area is 62.1 Å². The standard InChI is InChI=1S/C6H13N2OP/c1-4-5-10(9,6-7)8(2)3/h4-5H2,1-3H3. The summed E-state index contributed by atoms with van der Waals surface area (Å²) >= 11 is 0. The maximum Gasteiger partial charge on any atom is 0.244 e. The first-order valence-electron chi connectivity index (χ1n) is 3.25. The Kier molecular flexibility index (Phi) is 3.63. The van der Waals surface area contributed by atoms with Gasteiger partial charge >= 0.3 is 0 Å². The van der Waals surface area contributed by atoms with Crippen molar-refractivity contribution < 1.29 is 4.57 Å². The summed E-state index contributed by atoms with van der Waals surface area (Å²) in [6, 6.07) is 0. The zero-order valence-corrected chi connectivity index (χ0v) is 7.56. The van der Waals surface area contributed by atoms with Gasteiger partial charge in [0.2, 0.25) is 7.29 Å². The van der Waals surface area contributed by atoms with Crippen molar-refractivity contribution in [3.63, 3.8) is 0 Å². The van der Waals surface area contributed by atoms with E-state index in [-0.39, 0.29) is 0 Å². The number of hydrogen-bond donors (Lipinski definition) is 0. The van der Waals surface area contributed by atoms with Crippen LogP contribution in [0.5, 0.6) is 0 Å². The highest BCUT2D eigenvalue weighted by atomic mass is 31.2. The maximum absolute atomic E-state index is 11.4. The largest absolute Gasteiger partial charge is 0.290 e. The SMILES string of the molecule is CCCP(=O)(C#N)N(C)C. The van der Waals surface area contributed by atoms with Crippen LogP contribution in [0.15, 0.2) is 0 Å². The summed E-state index contributed by atoms with van der Waals surface area (Å²) in [5.41, 5.74) is 0. The molecule has 58 valence electrons. The van der Waals surface area contributed by atoms with Crippen molar-refractivity contribution in [1.29, 1.82) is 5.26 Å². The molecule has 1 atom stereocenters. The van der Waals surface area contributed by atoms with Gasteiger partial charge in [0.15, 0.2) is 0 Å². The Morgan fingerprint density at radius 1 is 1.60 bits per heavy atom. The van der Waals surface area contributed by atoms with E-state index in [1.807, 2.05) is 12.7 Å². The van der Waals surface area contributed by atoms with Gasteiger partial charge in [0.1, 0.15) is 5.81 Å². The predicted octanol–water partition coefficient (Wildman–Crippen LogP) is 1.72. The second-order valence-corrected chi connectivity index (χ2v) is 5.22. The third kappa shape index (κ3) is 2.13. The summed E-state index contributed by atoms with van der Waals surface area (Å²) < 4.78 is 13.0. The lowest BCUT2D eigenvalue weighted by Crippen LogP contribution is -2.09. The highest BCUT2D eigenvalue weighted by Crippen LogP contribution is 2.46. The minimum atomic E-state index is -2.63. The Balaban J connectivity index is 4.29. The molecule has 0 aromatic heterocycles. The van der Waals surface area contributed by atoms with Gasteiger partial charge in [-0.1, -0.05) is 6.92 Å². The van der Waals surface area contributed by atoms with Crippen LogP contribution in [0.3, 0.4) is 0 Å². The molecule has 10 heavy (non-hydrogen) atoms. The molecule has 0 aliphatic carbocycles. The molecule has 0 bridgehead atoms. The van der Waals surface area contributed by atoms with E-state index in [4.69, 9.17) is 5.26 Å². The van der Waals surface area contributed by atoms with E-state index in [9.17, 15) is 4.57 Å². The first-order valence-corrected chi connectivity index (χ1v) is 5.09. The molecule has 0 aromatic rings. The van der Waals surface area contributed by atoms with Crippen LogP contribution in [-0.4, -0.2) is 24.9 Å². The summed E-state index contributed by atoms with van der Waals surface area (Å²) in [5, 5.41) is 8.53. The highest BCUT2D eigenvalue weighted by molar-refractivity contribution is 7.66. The van der Waals surface area contributed by atoms with Crippen LogP contribution in [-0.2, 0) is 4.57 Å². The van der Waals surface area contributed by atoms with E-state index in [0.29, 0.717) is 6.16 Å². The van der Waals surface area contributed by atoms with Crippen molar-refractivity contribution in [2.24, 2.45) is 0 Å². The van der Waals surface area contributed by atoms with Gasteiger partial charge < -0.3 is 0 Å². The zero-order chi connectivity index (χ0) is 8.20. The number of hydrogen-bond acceptors (Lipinski definition) is 2. The topological polar surface area (TPSA) is 44.1 Å². The van der Waals surface area contributed by atoms with Crippen LogP contribution in [0, 0.1) is 11.1 Å². The van der Waals surface area contributed by atoms with Crippen LogP contribution in [0.25, 0.3) is 0 Å². The van der Waals surface area contributed by atoms with Gasteiger partial charge in [0.05, 0.1) is 0 Å². The molecule has 0 N–H and O–H groups in total. The van der Waals surface area contributed by atoms with Gasteiger partial charge in [0, 0.05) is 6.16 Å². The number of nitriles is 1. The molecule has 3 nitrogen and oxygen atoms in total. The fraction of sp³-hybridized carbons (Fsp3) is 0.833. The second kappa shape index (κ2) is 3.75. The Morgan fingerprint density at radius 2 is 2.10 bits per heavy atom. The molecule has 0 saturated heterocycles. The predicted molar refractivity (Wildman–Crippen MR) is 42.1 cm³/mol. The van der Waals surface area contributed by atoms with Crippen molar-refractivity contribution in [3.8, 4) is 5.81 Å². The minimum absolute atomic E-state index is 0.497. The normalized spacial score (nSPS) is 16.3. The maximum atomic E-state index is 11.4. The van der Waals surface area contributed by atoms with Gasteiger partial charge in [-0.15, -0.1) is 0 Å². The second-order valence-electron chi connectivity index (χ2n) is 2.37. The van der Waals surface area contributed by atoms with Crippen molar-refractivity contribution in [3.05, 3.63) is 0 Å². The lowest BCUT2D eigenvalue weighted by atomic mass is 10.6. The molecular weight excluding hydrogens is 147 g/mol. The fourth-order valence-electron chi connectivity index (χ4n) is 0.643. The fourth-order valence-corrected chi connectivity index (χ4v) is 1.93. The Hall–Kier alpha value is -0.320. The average molecular weight is 160 g/mol. The molecule has 0 aliphatic rings. The molecule has 0 heterocycles. The van der Waals surface area contributed by atoms with Crippen LogP contribution in [0.1, 0.15) is 13.3 Å². The number of nitrogens with zero attached hydrogens (tertiary/aromatic N) is 2. The van der Waals surface area contributed by atoms with Crippen LogP contribution in [0.4, 0.5) is 0 Å². The summed E-state index contributed by atoms with van der Waals surface area (Å²) in [4.78, 5) is 0. The zero-order valence-electron chi connectivity index (χ0n) is 6.66. The van der Waals surface area contributed by atoms with E-state index in [0.717, 1.165) is 6.42 Å². The first-order chi connectivity index (χ1) is 4.56. The van der Waals surface area contributed by atoms with Crippen molar-refractivity contribution in [2.75, 3.05) is 20.3 Å². The van der Waals surface area contributed by atoms with Crippen molar-refractivity contribution >= 4 is 7.29 Å². The third-order valence-corrected chi connectivity index (χ3v) is 3.99. The molecule has 0 aromatic carbocycles. The molecule has 0 rings (SSSR count). The lowest BCUT2D eigenvalue weighted by Gasteiger charge is -2.15. The number of rotatable bonds is 3. The summed E-state index contributed by atoms with van der Waals surface area (Å²) in [6.45, 7) is 1.92. The molecule has 4 heteroatoms.